The molecule has 0 atom stereocenters. The monoisotopic (exact) mass is 340 g/mol. The number of thioether (sulfide) groups is 1. The van der Waals surface area contributed by atoms with E-state index in [1.165, 1.54) is 16.3 Å². The zero-order valence-corrected chi connectivity index (χ0v) is 14.2. The Morgan fingerprint density at radius 1 is 1.21 bits per heavy atom. The van der Waals surface area contributed by atoms with Gasteiger partial charge in [0.25, 0.3) is 5.56 Å². The molecular weight excluding hydrogens is 324 g/mol. The van der Waals surface area contributed by atoms with Gasteiger partial charge in [-0.25, -0.2) is 9.78 Å². The van der Waals surface area contributed by atoms with Gasteiger partial charge in [0.1, 0.15) is 0 Å². The standard InChI is InChI=1S/C18H16N2O3S/c1-3-23-17(22)12-7-6-8-13(11-12)20-16(21)14-9-4-5-10-15(14)19-18(20)24-2/h4-11H,3H2,1-2H3. The lowest BCUT2D eigenvalue weighted by molar-refractivity contribution is 0.0526. The molecule has 0 saturated heterocycles. The van der Waals surface area contributed by atoms with Crippen molar-refractivity contribution < 1.29 is 9.53 Å². The molecule has 6 heteroatoms. The van der Waals surface area contributed by atoms with Crippen molar-refractivity contribution in [1.82, 2.24) is 9.55 Å². The molecule has 2 aromatic carbocycles. The van der Waals surface area contributed by atoms with Crippen molar-refractivity contribution in [3.63, 3.8) is 0 Å². The predicted octanol–water partition coefficient (Wildman–Crippen LogP) is 3.28. The zero-order chi connectivity index (χ0) is 17.1. The lowest BCUT2D eigenvalue weighted by Gasteiger charge is -2.12. The molecule has 3 rings (SSSR count). The molecule has 122 valence electrons. The summed E-state index contributed by atoms with van der Waals surface area (Å²) in [7, 11) is 0. The molecule has 3 aromatic rings. The third kappa shape index (κ3) is 2.92. The number of ether oxygens (including phenoxy) is 1. The Morgan fingerprint density at radius 3 is 2.75 bits per heavy atom. The van der Waals surface area contributed by atoms with E-state index in [0.29, 0.717) is 33.9 Å². The van der Waals surface area contributed by atoms with Gasteiger partial charge in [0, 0.05) is 0 Å². The maximum Gasteiger partial charge on any atom is 0.338 e. The van der Waals surface area contributed by atoms with Crippen molar-refractivity contribution in [2.75, 3.05) is 12.9 Å². The molecular formula is C18H16N2O3S. The Kier molecular flexibility index (Phi) is 4.66. The molecule has 0 N–H and O–H groups in total. The first-order valence-corrected chi connectivity index (χ1v) is 8.71. The second-order valence-electron chi connectivity index (χ2n) is 5.03. The van der Waals surface area contributed by atoms with Crippen LogP contribution in [0, 0.1) is 0 Å². The number of benzene rings is 2. The summed E-state index contributed by atoms with van der Waals surface area (Å²) in [6.45, 7) is 2.06. The minimum atomic E-state index is -0.410. The number of aromatic nitrogens is 2. The van der Waals surface area contributed by atoms with Gasteiger partial charge in [0.2, 0.25) is 0 Å². The lowest BCUT2D eigenvalue weighted by Crippen LogP contribution is -2.22. The number of hydrogen-bond donors (Lipinski definition) is 0. The summed E-state index contributed by atoms with van der Waals surface area (Å²) in [5.41, 5.74) is 1.49. The average molecular weight is 340 g/mol. The van der Waals surface area contributed by atoms with Crippen molar-refractivity contribution in [3.05, 3.63) is 64.4 Å². The van der Waals surface area contributed by atoms with Crippen molar-refractivity contribution in [1.29, 1.82) is 0 Å². The second-order valence-corrected chi connectivity index (χ2v) is 5.80. The largest absolute Gasteiger partial charge is 0.462 e. The van der Waals surface area contributed by atoms with Crippen LogP contribution in [0.5, 0.6) is 0 Å². The first-order valence-electron chi connectivity index (χ1n) is 7.49. The molecule has 0 amide bonds. The summed E-state index contributed by atoms with van der Waals surface area (Å²) >= 11 is 1.38. The quantitative estimate of drug-likeness (QED) is 0.414. The highest BCUT2D eigenvalue weighted by molar-refractivity contribution is 7.98. The number of rotatable bonds is 4. The van der Waals surface area contributed by atoms with Crippen molar-refractivity contribution in [3.8, 4) is 5.69 Å². The number of nitrogens with zero attached hydrogens (tertiary/aromatic N) is 2. The summed E-state index contributed by atoms with van der Waals surface area (Å²) in [6.07, 6.45) is 1.86. The molecule has 0 unspecified atom stereocenters. The fraction of sp³-hybridized carbons (Fsp3) is 0.167. The molecule has 0 aliphatic heterocycles. The Labute approximate surface area is 143 Å². The molecule has 1 heterocycles. The van der Waals surface area contributed by atoms with Crippen LogP contribution < -0.4 is 5.56 Å². The van der Waals surface area contributed by atoms with Gasteiger partial charge >= 0.3 is 5.97 Å². The van der Waals surface area contributed by atoms with Gasteiger partial charge in [-0.3, -0.25) is 9.36 Å². The summed E-state index contributed by atoms with van der Waals surface area (Å²) in [4.78, 5) is 29.4. The Morgan fingerprint density at radius 2 is 2.00 bits per heavy atom. The highest BCUT2D eigenvalue weighted by atomic mass is 32.2. The van der Waals surface area contributed by atoms with E-state index in [1.54, 1.807) is 37.3 Å². The van der Waals surface area contributed by atoms with Crippen molar-refractivity contribution in [2.24, 2.45) is 0 Å². The molecule has 0 aliphatic carbocycles. The smallest absolute Gasteiger partial charge is 0.338 e. The summed E-state index contributed by atoms with van der Waals surface area (Å²) in [5.74, 6) is -0.410. The van der Waals surface area contributed by atoms with E-state index in [4.69, 9.17) is 4.74 Å². The summed E-state index contributed by atoms with van der Waals surface area (Å²) in [5, 5.41) is 1.11. The van der Waals surface area contributed by atoms with E-state index in [0.717, 1.165) is 0 Å². The van der Waals surface area contributed by atoms with Gasteiger partial charge in [-0.15, -0.1) is 0 Å². The number of hydrogen-bond acceptors (Lipinski definition) is 5. The highest BCUT2D eigenvalue weighted by Crippen LogP contribution is 2.20. The van der Waals surface area contributed by atoms with Crippen LogP contribution in [-0.2, 0) is 4.74 Å². The molecule has 1 aromatic heterocycles. The molecule has 0 aliphatic rings. The van der Waals surface area contributed by atoms with Gasteiger partial charge in [-0.2, -0.15) is 0 Å². The van der Waals surface area contributed by atoms with E-state index in [2.05, 4.69) is 4.98 Å². The van der Waals surface area contributed by atoms with Crippen LogP contribution in [0.4, 0.5) is 0 Å². The topological polar surface area (TPSA) is 61.2 Å². The van der Waals surface area contributed by atoms with E-state index >= 15 is 0 Å². The van der Waals surface area contributed by atoms with Crippen LogP contribution in [0.1, 0.15) is 17.3 Å². The van der Waals surface area contributed by atoms with Gasteiger partial charge in [-0.05, 0) is 43.5 Å². The summed E-state index contributed by atoms with van der Waals surface area (Å²) in [6, 6.07) is 14.0. The van der Waals surface area contributed by atoms with E-state index in [-0.39, 0.29) is 5.56 Å². The fourth-order valence-electron chi connectivity index (χ4n) is 2.46. The molecule has 0 radical (unpaired) electrons. The van der Waals surface area contributed by atoms with E-state index < -0.39 is 5.97 Å². The van der Waals surface area contributed by atoms with E-state index in [9.17, 15) is 9.59 Å². The molecule has 24 heavy (non-hydrogen) atoms. The van der Waals surface area contributed by atoms with Crippen LogP contribution >= 0.6 is 11.8 Å². The molecule has 0 saturated carbocycles. The second kappa shape index (κ2) is 6.88. The molecule has 0 bridgehead atoms. The Balaban J connectivity index is 2.22. The van der Waals surface area contributed by atoms with Gasteiger partial charge < -0.3 is 4.74 Å². The minimum Gasteiger partial charge on any atom is -0.462 e. The van der Waals surface area contributed by atoms with Crippen LogP contribution in [0.2, 0.25) is 0 Å². The van der Waals surface area contributed by atoms with Crippen molar-refractivity contribution >= 4 is 28.6 Å². The fourth-order valence-corrected chi connectivity index (χ4v) is 3.02. The summed E-state index contributed by atoms with van der Waals surface area (Å²) < 4.78 is 6.55. The normalized spacial score (nSPS) is 10.8. The molecule has 0 spiro atoms. The number of fused-ring (bicyclic) bond motifs is 1. The van der Waals surface area contributed by atoms with Crippen molar-refractivity contribution in [2.45, 2.75) is 12.1 Å². The SMILES string of the molecule is CCOC(=O)c1cccc(-n2c(SC)nc3ccccc3c2=O)c1. The van der Waals surface area contributed by atoms with Crippen LogP contribution in [0.3, 0.4) is 0 Å². The zero-order valence-electron chi connectivity index (χ0n) is 13.4. The Hall–Kier alpha value is -2.60. The van der Waals surface area contributed by atoms with Crippen LogP contribution in [0.15, 0.2) is 58.5 Å². The van der Waals surface area contributed by atoms with Gasteiger partial charge in [-0.1, -0.05) is 30.0 Å². The molecule has 0 fully saturated rings. The maximum absolute atomic E-state index is 12.9. The number of carbonyl (C=O) groups excluding carboxylic acids is 1. The van der Waals surface area contributed by atoms with Gasteiger partial charge in [0.15, 0.2) is 5.16 Å². The highest BCUT2D eigenvalue weighted by Gasteiger charge is 2.14. The minimum absolute atomic E-state index is 0.161. The van der Waals surface area contributed by atoms with E-state index in [1.807, 2.05) is 24.5 Å². The third-order valence-electron chi connectivity index (χ3n) is 3.54. The maximum atomic E-state index is 12.9. The number of carbonyl (C=O) groups is 1. The first-order chi connectivity index (χ1) is 11.7. The van der Waals surface area contributed by atoms with Gasteiger partial charge in [0.05, 0.1) is 28.8 Å². The molecule has 5 nitrogen and oxygen atoms in total. The van der Waals surface area contributed by atoms with Crippen LogP contribution in [-0.4, -0.2) is 28.4 Å². The number of para-hydroxylation sites is 1. The predicted molar refractivity (Wildman–Crippen MR) is 95.1 cm³/mol. The number of esters is 1. The average Bonchev–Trinajstić information content (AvgIpc) is 2.62. The first kappa shape index (κ1) is 16.3. The Bertz CT molecular complexity index is 966. The third-order valence-corrected chi connectivity index (χ3v) is 4.18. The van der Waals surface area contributed by atoms with Crippen LogP contribution in [0.25, 0.3) is 16.6 Å². The lowest BCUT2D eigenvalue weighted by atomic mass is 10.2.